The lowest BCUT2D eigenvalue weighted by Gasteiger charge is -2.12. The molecule has 0 aliphatic heterocycles. The standard InChI is InChI=1S/C17H26O4/c1-3-5-13-21-17(19)11-10-16(18)14-6-8-15(9-7-14)20-12-4-2/h6-9,16,18H,3-5,10-13H2,1-2H3. The fraction of sp³-hybridized carbons (Fsp3) is 0.588. The van der Waals surface area contributed by atoms with Gasteiger partial charge in [-0.2, -0.15) is 0 Å². The van der Waals surface area contributed by atoms with Crippen molar-refractivity contribution in [2.45, 2.75) is 52.1 Å². The quantitative estimate of drug-likeness (QED) is 0.529. The minimum atomic E-state index is -0.649. The van der Waals surface area contributed by atoms with Crippen molar-refractivity contribution >= 4 is 5.97 Å². The van der Waals surface area contributed by atoms with Crippen molar-refractivity contribution in [3.8, 4) is 5.75 Å². The van der Waals surface area contributed by atoms with Crippen LogP contribution in [-0.2, 0) is 9.53 Å². The molecule has 1 unspecified atom stereocenters. The number of esters is 1. The Balaban J connectivity index is 2.34. The van der Waals surface area contributed by atoms with E-state index >= 15 is 0 Å². The van der Waals surface area contributed by atoms with Crippen LogP contribution in [0.5, 0.6) is 5.75 Å². The summed E-state index contributed by atoms with van der Waals surface area (Å²) in [4.78, 5) is 11.5. The Morgan fingerprint density at radius 3 is 2.48 bits per heavy atom. The van der Waals surface area contributed by atoms with Gasteiger partial charge in [-0.05, 0) is 37.0 Å². The highest BCUT2D eigenvalue weighted by atomic mass is 16.5. The molecule has 0 saturated carbocycles. The third-order valence-electron chi connectivity index (χ3n) is 3.12. The highest BCUT2D eigenvalue weighted by Crippen LogP contribution is 2.21. The first-order valence-corrected chi connectivity index (χ1v) is 7.73. The van der Waals surface area contributed by atoms with Crippen LogP contribution in [0, 0.1) is 0 Å². The number of hydrogen-bond acceptors (Lipinski definition) is 4. The Hall–Kier alpha value is -1.55. The van der Waals surface area contributed by atoms with Crippen LogP contribution in [0.4, 0.5) is 0 Å². The van der Waals surface area contributed by atoms with Gasteiger partial charge in [-0.3, -0.25) is 4.79 Å². The van der Waals surface area contributed by atoms with Gasteiger partial charge in [0.05, 0.1) is 19.3 Å². The number of hydrogen-bond donors (Lipinski definition) is 1. The number of carbonyl (C=O) groups excluding carboxylic acids is 1. The van der Waals surface area contributed by atoms with E-state index in [2.05, 4.69) is 6.92 Å². The van der Waals surface area contributed by atoms with Crippen LogP contribution in [0.25, 0.3) is 0 Å². The number of carbonyl (C=O) groups is 1. The SMILES string of the molecule is CCCCOC(=O)CCC(O)c1ccc(OCCC)cc1. The zero-order chi connectivity index (χ0) is 15.5. The molecule has 4 heteroatoms. The summed E-state index contributed by atoms with van der Waals surface area (Å²) in [5.74, 6) is 0.553. The molecule has 1 aromatic rings. The fourth-order valence-electron chi connectivity index (χ4n) is 1.83. The Kier molecular flexibility index (Phi) is 8.51. The monoisotopic (exact) mass is 294 g/mol. The molecule has 1 aromatic carbocycles. The van der Waals surface area contributed by atoms with Gasteiger partial charge in [0.1, 0.15) is 5.75 Å². The molecule has 0 heterocycles. The lowest BCUT2D eigenvalue weighted by atomic mass is 10.0. The molecular formula is C17H26O4. The first-order valence-electron chi connectivity index (χ1n) is 7.73. The molecule has 0 aliphatic carbocycles. The van der Waals surface area contributed by atoms with Crippen LogP contribution >= 0.6 is 0 Å². The maximum atomic E-state index is 11.5. The van der Waals surface area contributed by atoms with Crippen LogP contribution < -0.4 is 4.74 Å². The summed E-state index contributed by atoms with van der Waals surface area (Å²) >= 11 is 0. The van der Waals surface area contributed by atoms with Crippen molar-refractivity contribution in [2.24, 2.45) is 0 Å². The second-order valence-electron chi connectivity index (χ2n) is 5.05. The van der Waals surface area contributed by atoms with Crippen molar-refractivity contribution in [3.05, 3.63) is 29.8 Å². The zero-order valence-electron chi connectivity index (χ0n) is 13.0. The molecule has 21 heavy (non-hydrogen) atoms. The molecule has 0 bridgehead atoms. The lowest BCUT2D eigenvalue weighted by Crippen LogP contribution is -2.08. The smallest absolute Gasteiger partial charge is 0.305 e. The predicted octanol–water partition coefficient (Wildman–Crippen LogP) is 3.63. The average Bonchev–Trinajstić information content (AvgIpc) is 2.51. The highest BCUT2D eigenvalue weighted by Gasteiger charge is 2.11. The predicted molar refractivity (Wildman–Crippen MR) is 82.3 cm³/mol. The van der Waals surface area contributed by atoms with E-state index in [1.807, 2.05) is 31.2 Å². The molecule has 0 aliphatic rings. The molecule has 1 N–H and O–H groups in total. The number of rotatable bonds is 10. The molecule has 118 valence electrons. The van der Waals surface area contributed by atoms with Gasteiger partial charge in [-0.1, -0.05) is 32.4 Å². The number of benzene rings is 1. The molecule has 1 atom stereocenters. The van der Waals surface area contributed by atoms with E-state index < -0.39 is 6.10 Å². The normalized spacial score (nSPS) is 12.0. The summed E-state index contributed by atoms with van der Waals surface area (Å²) < 4.78 is 10.5. The molecule has 4 nitrogen and oxygen atoms in total. The molecule has 0 radical (unpaired) electrons. The van der Waals surface area contributed by atoms with Crippen molar-refractivity contribution in [1.82, 2.24) is 0 Å². The second-order valence-corrected chi connectivity index (χ2v) is 5.05. The summed E-state index contributed by atoms with van der Waals surface area (Å²) in [7, 11) is 0. The Morgan fingerprint density at radius 2 is 1.86 bits per heavy atom. The van der Waals surface area contributed by atoms with Crippen LogP contribution in [0.15, 0.2) is 24.3 Å². The van der Waals surface area contributed by atoms with Crippen LogP contribution in [-0.4, -0.2) is 24.3 Å². The maximum Gasteiger partial charge on any atom is 0.305 e. The van der Waals surface area contributed by atoms with Gasteiger partial charge in [0.15, 0.2) is 0 Å². The fourth-order valence-corrected chi connectivity index (χ4v) is 1.83. The number of aliphatic hydroxyl groups is 1. The minimum absolute atomic E-state index is 0.235. The number of ether oxygens (including phenoxy) is 2. The largest absolute Gasteiger partial charge is 0.494 e. The Labute approximate surface area is 127 Å². The minimum Gasteiger partial charge on any atom is -0.494 e. The topological polar surface area (TPSA) is 55.8 Å². The van der Waals surface area contributed by atoms with Gasteiger partial charge in [-0.15, -0.1) is 0 Å². The molecule has 0 saturated heterocycles. The highest BCUT2D eigenvalue weighted by molar-refractivity contribution is 5.69. The van der Waals surface area contributed by atoms with E-state index in [0.29, 0.717) is 19.6 Å². The van der Waals surface area contributed by atoms with E-state index in [1.165, 1.54) is 0 Å². The van der Waals surface area contributed by atoms with Crippen LogP contribution in [0.1, 0.15) is 57.6 Å². The van der Waals surface area contributed by atoms with Gasteiger partial charge in [0.25, 0.3) is 0 Å². The molecule has 0 amide bonds. The van der Waals surface area contributed by atoms with E-state index in [1.54, 1.807) is 0 Å². The average molecular weight is 294 g/mol. The molecular weight excluding hydrogens is 268 g/mol. The summed E-state index contributed by atoms with van der Waals surface area (Å²) in [5, 5.41) is 10.1. The Bertz CT molecular complexity index is 400. The Morgan fingerprint density at radius 1 is 1.14 bits per heavy atom. The number of aliphatic hydroxyl groups excluding tert-OH is 1. The van der Waals surface area contributed by atoms with E-state index in [4.69, 9.17) is 9.47 Å². The van der Waals surface area contributed by atoms with E-state index in [0.717, 1.165) is 30.6 Å². The van der Waals surface area contributed by atoms with E-state index in [-0.39, 0.29) is 12.4 Å². The van der Waals surface area contributed by atoms with E-state index in [9.17, 15) is 9.90 Å². The zero-order valence-corrected chi connectivity index (χ0v) is 13.0. The van der Waals surface area contributed by atoms with Gasteiger partial charge < -0.3 is 14.6 Å². The number of unbranched alkanes of at least 4 members (excludes halogenated alkanes) is 1. The maximum absolute atomic E-state index is 11.5. The van der Waals surface area contributed by atoms with Gasteiger partial charge in [0, 0.05) is 6.42 Å². The van der Waals surface area contributed by atoms with Crippen molar-refractivity contribution < 1.29 is 19.4 Å². The third kappa shape index (κ3) is 7.14. The van der Waals surface area contributed by atoms with Crippen molar-refractivity contribution in [1.29, 1.82) is 0 Å². The van der Waals surface area contributed by atoms with Crippen LogP contribution in [0.2, 0.25) is 0 Å². The summed E-state index contributed by atoms with van der Waals surface area (Å²) in [6.07, 6.45) is 2.81. The van der Waals surface area contributed by atoms with Crippen molar-refractivity contribution in [2.75, 3.05) is 13.2 Å². The van der Waals surface area contributed by atoms with Gasteiger partial charge >= 0.3 is 5.97 Å². The molecule has 1 rings (SSSR count). The molecule has 0 aromatic heterocycles. The van der Waals surface area contributed by atoms with Gasteiger partial charge in [0.2, 0.25) is 0 Å². The lowest BCUT2D eigenvalue weighted by molar-refractivity contribution is -0.144. The molecule has 0 fully saturated rings. The first kappa shape index (κ1) is 17.5. The summed E-state index contributed by atoms with van der Waals surface area (Å²) in [6.45, 7) is 5.25. The molecule has 0 spiro atoms. The van der Waals surface area contributed by atoms with Gasteiger partial charge in [-0.25, -0.2) is 0 Å². The van der Waals surface area contributed by atoms with Crippen molar-refractivity contribution in [3.63, 3.8) is 0 Å². The summed E-state index contributed by atoms with van der Waals surface area (Å²) in [6, 6.07) is 7.34. The second kappa shape index (κ2) is 10.2. The van der Waals surface area contributed by atoms with Crippen LogP contribution in [0.3, 0.4) is 0 Å². The summed E-state index contributed by atoms with van der Waals surface area (Å²) in [5.41, 5.74) is 0.792. The first-order chi connectivity index (χ1) is 10.2. The third-order valence-corrected chi connectivity index (χ3v) is 3.12.